The average Bonchev–Trinajstić information content (AvgIpc) is 2.37. The Bertz CT molecular complexity index is 514. The van der Waals surface area contributed by atoms with Crippen molar-refractivity contribution in [1.29, 1.82) is 0 Å². The third-order valence-electron chi connectivity index (χ3n) is 3.04. The van der Waals surface area contributed by atoms with Crippen LogP contribution in [-0.2, 0) is 9.59 Å². The van der Waals surface area contributed by atoms with Crippen molar-refractivity contribution in [2.24, 2.45) is 0 Å². The van der Waals surface area contributed by atoms with E-state index in [4.69, 9.17) is 9.84 Å². The molecule has 0 atom stereocenters. The third kappa shape index (κ3) is 5.43. The molecule has 21 heavy (non-hydrogen) atoms. The first-order valence-corrected chi connectivity index (χ1v) is 6.73. The molecule has 0 aliphatic heterocycles. The van der Waals surface area contributed by atoms with Crippen LogP contribution in [0.1, 0.15) is 19.4 Å². The van der Waals surface area contributed by atoms with Gasteiger partial charge in [0, 0.05) is 6.04 Å². The number of anilines is 1. The van der Waals surface area contributed by atoms with Crippen molar-refractivity contribution in [3.05, 3.63) is 23.8 Å². The van der Waals surface area contributed by atoms with Crippen LogP contribution in [0.2, 0.25) is 0 Å². The lowest BCUT2D eigenvalue weighted by Gasteiger charge is -2.23. The highest BCUT2D eigenvalue weighted by Crippen LogP contribution is 2.25. The lowest BCUT2D eigenvalue weighted by Crippen LogP contribution is -2.41. The molecular formula is C15H22N2O4. The Kier molecular flexibility index (Phi) is 6.17. The minimum absolute atomic E-state index is 0.0149. The first kappa shape index (κ1) is 17.0. The quantitative estimate of drug-likeness (QED) is 0.801. The van der Waals surface area contributed by atoms with E-state index in [0.717, 1.165) is 5.56 Å². The van der Waals surface area contributed by atoms with E-state index in [2.05, 4.69) is 5.32 Å². The Morgan fingerprint density at radius 2 is 2.00 bits per heavy atom. The van der Waals surface area contributed by atoms with Crippen molar-refractivity contribution in [2.75, 3.05) is 25.5 Å². The number of rotatable bonds is 7. The number of benzene rings is 1. The van der Waals surface area contributed by atoms with Crippen LogP contribution in [0.25, 0.3) is 0 Å². The largest absolute Gasteiger partial charge is 0.495 e. The molecule has 0 aromatic heterocycles. The molecular weight excluding hydrogens is 272 g/mol. The smallest absolute Gasteiger partial charge is 0.317 e. The zero-order chi connectivity index (χ0) is 16.0. The second-order valence-corrected chi connectivity index (χ2v) is 5.14. The molecule has 6 nitrogen and oxygen atoms in total. The zero-order valence-electron chi connectivity index (χ0n) is 12.8. The average molecular weight is 294 g/mol. The minimum atomic E-state index is -0.954. The van der Waals surface area contributed by atoms with Crippen LogP contribution in [0.5, 0.6) is 5.75 Å². The maximum atomic E-state index is 12.1. The number of carboxylic acids is 1. The summed E-state index contributed by atoms with van der Waals surface area (Å²) in [4.78, 5) is 24.5. The molecule has 0 saturated carbocycles. The molecule has 0 spiro atoms. The normalized spacial score (nSPS) is 10.8. The van der Waals surface area contributed by atoms with Crippen molar-refractivity contribution < 1.29 is 19.4 Å². The fourth-order valence-electron chi connectivity index (χ4n) is 1.89. The predicted octanol–water partition coefficient (Wildman–Crippen LogP) is 1.74. The highest BCUT2D eigenvalue weighted by molar-refractivity contribution is 5.94. The van der Waals surface area contributed by atoms with Gasteiger partial charge in [0.25, 0.3) is 0 Å². The van der Waals surface area contributed by atoms with Gasteiger partial charge in [0.1, 0.15) is 5.75 Å². The van der Waals surface area contributed by atoms with Gasteiger partial charge in [-0.25, -0.2) is 0 Å². The standard InChI is InChI=1S/C15H22N2O4/c1-10(2)17(9-15(19)20)8-14(18)16-12-7-11(3)5-6-13(12)21-4/h5-7,10H,8-9H2,1-4H3,(H,16,18)(H,19,20). The van der Waals surface area contributed by atoms with Gasteiger partial charge in [0.2, 0.25) is 5.91 Å². The molecule has 0 aliphatic carbocycles. The Morgan fingerprint density at radius 1 is 1.33 bits per heavy atom. The lowest BCUT2D eigenvalue weighted by atomic mass is 10.2. The summed E-state index contributed by atoms with van der Waals surface area (Å²) in [5.41, 5.74) is 1.58. The monoisotopic (exact) mass is 294 g/mol. The molecule has 0 fully saturated rings. The first-order chi connectivity index (χ1) is 9.83. The summed E-state index contributed by atoms with van der Waals surface area (Å²) in [5.74, 6) is -0.651. The number of ether oxygens (including phenoxy) is 1. The minimum Gasteiger partial charge on any atom is -0.495 e. The number of carboxylic acid groups (broad SMARTS) is 1. The van der Waals surface area contributed by atoms with E-state index in [1.165, 1.54) is 7.11 Å². The molecule has 0 bridgehead atoms. The van der Waals surface area contributed by atoms with E-state index in [1.54, 1.807) is 11.0 Å². The van der Waals surface area contributed by atoms with Crippen LogP contribution in [-0.4, -0.2) is 48.1 Å². The summed E-state index contributed by atoms with van der Waals surface area (Å²) in [7, 11) is 1.53. The number of hydrogen-bond acceptors (Lipinski definition) is 4. The van der Waals surface area contributed by atoms with Gasteiger partial charge in [-0.15, -0.1) is 0 Å². The first-order valence-electron chi connectivity index (χ1n) is 6.73. The third-order valence-corrected chi connectivity index (χ3v) is 3.04. The molecule has 0 aliphatic rings. The number of aryl methyl sites for hydroxylation is 1. The van der Waals surface area contributed by atoms with Crippen LogP contribution in [0.4, 0.5) is 5.69 Å². The lowest BCUT2D eigenvalue weighted by molar-refractivity contribution is -0.139. The van der Waals surface area contributed by atoms with Gasteiger partial charge in [-0.05, 0) is 38.5 Å². The summed E-state index contributed by atoms with van der Waals surface area (Å²) >= 11 is 0. The highest BCUT2D eigenvalue weighted by Gasteiger charge is 2.17. The number of methoxy groups -OCH3 is 1. The molecule has 0 saturated heterocycles. The maximum Gasteiger partial charge on any atom is 0.317 e. The molecule has 1 amide bonds. The number of amides is 1. The maximum absolute atomic E-state index is 12.1. The summed E-state index contributed by atoms with van der Waals surface area (Å²) in [5, 5.41) is 11.6. The van der Waals surface area contributed by atoms with E-state index in [9.17, 15) is 9.59 Å². The summed E-state index contributed by atoms with van der Waals surface area (Å²) in [6.45, 7) is 5.46. The Morgan fingerprint density at radius 3 is 2.52 bits per heavy atom. The van der Waals surface area contributed by atoms with Gasteiger partial charge in [-0.2, -0.15) is 0 Å². The van der Waals surface area contributed by atoms with E-state index in [0.29, 0.717) is 11.4 Å². The fraction of sp³-hybridized carbons (Fsp3) is 0.467. The molecule has 0 unspecified atom stereocenters. The number of nitrogens with zero attached hydrogens (tertiary/aromatic N) is 1. The number of hydrogen-bond donors (Lipinski definition) is 2. The van der Waals surface area contributed by atoms with Gasteiger partial charge in [0.15, 0.2) is 0 Å². The van der Waals surface area contributed by atoms with Crippen molar-refractivity contribution >= 4 is 17.6 Å². The molecule has 0 radical (unpaired) electrons. The summed E-state index contributed by atoms with van der Waals surface area (Å²) in [6.07, 6.45) is 0. The van der Waals surface area contributed by atoms with E-state index < -0.39 is 5.97 Å². The Labute approximate surface area is 124 Å². The molecule has 2 N–H and O–H groups in total. The number of carbonyl (C=O) groups excluding carboxylic acids is 1. The van der Waals surface area contributed by atoms with Crippen molar-refractivity contribution in [3.63, 3.8) is 0 Å². The highest BCUT2D eigenvalue weighted by atomic mass is 16.5. The zero-order valence-corrected chi connectivity index (χ0v) is 12.8. The van der Waals surface area contributed by atoms with Crippen molar-refractivity contribution in [1.82, 2.24) is 4.90 Å². The van der Waals surface area contributed by atoms with Crippen LogP contribution < -0.4 is 10.1 Å². The summed E-state index contributed by atoms with van der Waals surface area (Å²) in [6, 6.07) is 5.45. The van der Waals surface area contributed by atoms with E-state index in [-0.39, 0.29) is 25.0 Å². The van der Waals surface area contributed by atoms with Gasteiger partial charge in [-0.3, -0.25) is 14.5 Å². The van der Waals surface area contributed by atoms with Gasteiger partial charge >= 0.3 is 5.97 Å². The number of aliphatic carboxylic acids is 1. The Hall–Kier alpha value is -2.08. The number of nitrogens with one attached hydrogen (secondary N) is 1. The van der Waals surface area contributed by atoms with Crippen LogP contribution in [0, 0.1) is 6.92 Å². The van der Waals surface area contributed by atoms with Crippen LogP contribution in [0.15, 0.2) is 18.2 Å². The van der Waals surface area contributed by atoms with Gasteiger partial charge in [0.05, 0.1) is 25.9 Å². The topological polar surface area (TPSA) is 78.9 Å². The molecule has 1 rings (SSSR count). The molecule has 0 heterocycles. The van der Waals surface area contributed by atoms with Crippen molar-refractivity contribution in [2.45, 2.75) is 26.8 Å². The molecule has 6 heteroatoms. The van der Waals surface area contributed by atoms with E-state index in [1.807, 2.05) is 32.9 Å². The summed E-state index contributed by atoms with van der Waals surface area (Å²) < 4.78 is 5.20. The number of carbonyl (C=O) groups is 2. The molecule has 1 aromatic carbocycles. The van der Waals surface area contributed by atoms with Crippen LogP contribution in [0.3, 0.4) is 0 Å². The van der Waals surface area contributed by atoms with Gasteiger partial charge in [-0.1, -0.05) is 6.07 Å². The molecule has 1 aromatic rings. The van der Waals surface area contributed by atoms with Crippen molar-refractivity contribution in [3.8, 4) is 5.75 Å². The predicted molar refractivity (Wildman–Crippen MR) is 80.7 cm³/mol. The SMILES string of the molecule is COc1ccc(C)cc1NC(=O)CN(CC(=O)O)C(C)C. The van der Waals surface area contributed by atoms with Gasteiger partial charge < -0.3 is 15.2 Å². The fourth-order valence-corrected chi connectivity index (χ4v) is 1.89. The second kappa shape index (κ2) is 7.64. The second-order valence-electron chi connectivity index (χ2n) is 5.14. The van der Waals surface area contributed by atoms with Crippen LogP contribution >= 0.6 is 0 Å². The Balaban J connectivity index is 2.76. The van der Waals surface area contributed by atoms with E-state index >= 15 is 0 Å². The molecule has 116 valence electrons.